The van der Waals surface area contributed by atoms with Crippen molar-refractivity contribution in [2.75, 3.05) is 5.32 Å². The molecule has 0 spiro atoms. The van der Waals surface area contributed by atoms with Gasteiger partial charge in [-0.15, -0.1) is 11.8 Å². The summed E-state index contributed by atoms with van der Waals surface area (Å²) in [7, 11) is 0. The molecular formula is C17H25NOS. The molecule has 0 bridgehead atoms. The Morgan fingerprint density at radius 2 is 1.95 bits per heavy atom. The Balaban J connectivity index is 1.91. The Morgan fingerprint density at radius 3 is 2.65 bits per heavy atom. The van der Waals surface area contributed by atoms with Gasteiger partial charge in [0, 0.05) is 10.9 Å². The van der Waals surface area contributed by atoms with Gasteiger partial charge in [-0.2, -0.15) is 0 Å². The van der Waals surface area contributed by atoms with Crippen LogP contribution in [-0.4, -0.2) is 16.4 Å². The molecule has 20 heavy (non-hydrogen) atoms. The van der Waals surface area contributed by atoms with Crippen LogP contribution in [0.2, 0.25) is 0 Å². The fraction of sp³-hybridized carbons (Fsp3) is 0.588. The van der Waals surface area contributed by atoms with E-state index in [-0.39, 0.29) is 11.2 Å². The van der Waals surface area contributed by atoms with E-state index in [0.717, 1.165) is 11.3 Å². The maximum atomic E-state index is 12.3. The summed E-state index contributed by atoms with van der Waals surface area (Å²) in [6, 6.07) is 6.18. The third-order valence-electron chi connectivity index (χ3n) is 3.97. The molecule has 2 rings (SSSR count). The largest absolute Gasteiger partial charge is 0.325 e. The molecule has 1 atom stereocenters. The normalized spacial score (nSPS) is 17.8. The molecule has 110 valence electrons. The van der Waals surface area contributed by atoms with Crippen LogP contribution in [-0.2, 0) is 4.79 Å². The summed E-state index contributed by atoms with van der Waals surface area (Å²) in [6.07, 6.45) is 6.55. The predicted octanol–water partition coefficient (Wildman–Crippen LogP) is 4.70. The maximum absolute atomic E-state index is 12.3. The molecule has 0 heterocycles. The van der Waals surface area contributed by atoms with Gasteiger partial charge >= 0.3 is 0 Å². The molecule has 0 aliphatic heterocycles. The highest BCUT2D eigenvalue weighted by Gasteiger charge is 2.21. The molecular weight excluding hydrogens is 266 g/mol. The lowest BCUT2D eigenvalue weighted by atomic mass is 10.0. The standard InChI is InChI=1S/C17H25NOS/c1-12-9-10-13(2)16(11-12)18-17(19)14(3)20-15-7-5-4-6-8-15/h9-11,14-15H,4-8H2,1-3H3,(H,18,19). The smallest absolute Gasteiger partial charge is 0.237 e. The first-order valence-corrected chi connectivity index (χ1v) is 8.54. The first-order valence-electron chi connectivity index (χ1n) is 7.60. The molecule has 0 radical (unpaired) electrons. The Labute approximate surface area is 126 Å². The third kappa shape index (κ3) is 4.27. The van der Waals surface area contributed by atoms with Gasteiger partial charge in [-0.3, -0.25) is 4.79 Å². The maximum Gasteiger partial charge on any atom is 0.237 e. The number of aryl methyl sites for hydroxylation is 2. The summed E-state index contributed by atoms with van der Waals surface area (Å²) >= 11 is 1.85. The summed E-state index contributed by atoms with van der Waals surface area (Å²) in [6.45, 7) is 6.11. The lowest BCUT2D eigenvalue weighted by molar-refractivity contribution is -0.115. The summed E-state index contributed by atoms with van der Waals surface area (Å²) in [4.78, 5) is 12.3. The van der Waals surface area contributed by atoms with Crippen molar-refractivity contribution in [3.05, 3.63) is 29.3 Å². The van der Waals surface area contributed by atoms with E-state index in [0.29, 0.717) is 5.25 Å². The second-order valence-electron chi connectivity index (χ2n) is 5.85. The van der Waals surface area contributed by atoms with Gasteiger partial charge in [-0.1, -0.05) is 31.4 Å². The van der Waals surface area contributed by atoms with Crippen LogP contribution < -0.4 is 5.32 Å². The number of thioether (sulfide) groups is 1. The monoisotopic (exact) mass is 291 g/mol. The summed E-state index contributed by atoms with van der Waals surface area (Å²) < 4.78 is 0. The highest BCUT2D eigenvalue weighted by atomic mass is 32.2. The minimum Gasteiger partial charge on any atom is -0.325 e. The number of carbonyl (C=O) groups is 1. The molecule has 2 nitrogen and oxygen atoms in total. The Bertz CT molecular complexity index is 466. The molecule has 0 saturated heterocycles. The average molecular weight is 291 g/mol. The number of carbonyl (C=O) groups excluding carboxylic acids is 1. The topological polar surface area (TPSA) is 29.1 Å². The van der Waals surface area contributed by atoms with Crippen molar-refractivity contribution < 1.29 is 4.79 Å². The molecule has 1 aromatic rings. The van der Waals surface area contributed by atoms with E-state index >= 15 is 0 Å². The van der Waals surface area contributed by atoms with Crippen LogP contribution in [0.15, 0.2) is 18.2 Å². The zero-order valence-corrected chi connectivity index (χ0v) is 13.6. The molecule has 1 aromatic carbocycles. The van der Waals surface area contributed by atoms with Crippen molar-refractivity contribution in [2.24, 2.45) is 0 Å². The number of amides is 1. The van der Waals surface area contributed by atoms with Crippen molar-refractivity contribution in [1.29, 1.82) is 0 Å². The van der Waals surface area contributed by atoms with Crippen molar-refractivity contribution in [2.45, 2.75) is 63.4 Å². The number of hydrogen-bond acceptors (Lipinski definition) is 2. The van der Waals surface area contributed by atoms with E-state index in [9.17, 15) is 4.79 Å². The molecule has 1 unspecified atom stereocenters. The number of nitrogens with one attached hydrogen (secondary N) is 1. The second-order valence-corrected chi connectivity index (χ2v) is 7.49. The average Bonchev–Trinajstić information content (AvgIpc) is 2.44. The lowest BCUT2D eigenvalue weighted by Crippen LogP contribution is -2.25. The summed E-state index contributed by atoms with van der Waals surface area (Å²) in [5.74, 6) is 0.134. The minimum absolute atomic E-state index is 0.0259. The number of anilines is 1. The molecule has 1 N–H and O–H groups in total. The number of rotatable bonds is 4. The van der Waals surface area contributed by atoms with Crippen LogP contribution >= 0.6 is 11.8 Å². The quantitative estimate of drug-likeness (QED) is 0.871. The molecule has 3 heteroatoms. The van der Waals surface area contributed by atoms with Gasteiger partial charge in [-0.05, 0) is 50.8 Å². The predicted molar refractivity (Wildman–Crippen MR) is 88.5 cm³/mol. The van der Waals surface area contributed by atoms with E-state index in [2.05, 4.69) is 24.4 Å². The van der Waals surface area contributed by atoms with E-state index < -0.39 is 0 Å². The number of hydrogen-bond donors (Lipinski definition) is 1. The van der Waals surface area contributed by atoms with Crippen LogP contribution in [0.3, 0.4) is 0 Å². The highest BCUT2D eigenvalue weighted by Crippen LogP contribution is 2.31. The highest BCUT2D eigenvalue weighted by molar-refractivity contribution is 8.01. The van der Waals surface area contributed by atoms with Crippen molar-refractivity contribution in [3.8, 4) is 0 Å². The van der Waals surface area contributed by atoms with Crippen LogP contribution in [0, 0.1) is 13.8 Å². The van der Waals surface area contributed by atoms with Crippen molar-refractivity contribution in [3.63, 3.8) is 0 Å². The fourth-order valence-corrected chi connectivity index (χ4v) is 4.02. The van der Waals surface area contributed by atoms with Gasteiger partial charge in [0.1, 0.15) is 0 Å². The zero-order chi connectivity index (χ0) is 14.5. The van der Waals surface area contributed by atoms with Gasteiger partial charge in [0.05, 0.1) is 5.25 Å². The second kappa shape index (κ2) is 7.16. The summed E-state index contributed by atoms with van der Waals surface area (Å²) in [5, 5.41) is 3.78. The third-order valence-corrected chi connectivity index (χ3v) is 5.45. The minimum atomic E-state index is 0.0259. The van der Waals surface area contributed by atoms with E-state index in [1.165, 1.54) is 37.7 Å². The first kappa shape index (κ1) is 15.4. The van der Waals surface area contributed by atoms with Gasteiger partial charge in [0.25, 0.3) is 0 Å². The van der Waals surface area contributed by atoms with Crippen LogP contribution in [0.4, 0.5) is 5.69 Å². The SMILES string of the molecule is Cc1ccc(C)c(NC(=O)C(C)SC2CCCCC2)c1. The molecule has 1 aliphatic rings. The molecule has 1 fully saturated rings. The van der Waals surface area contributed by atoms with Crippen molar-refractivity contribution in [1.82, 2.24) is 0 Å². The van der Waals surface area contributed by atoms with E-state index in [1.54, 1.807) is 0 Å². The van der Waals surface area contributed by atoms with Gasteiger partial charge in [0.15, 0.2) is 0 Å². The van der Waals surface area contributed by atoms with Gasteiger partial charge in [0.2, 0.25) is 5.91 Å². The number of benzene rings is 1. The van der Waals surface area contributed by atoms with E-state index in [1.807, 2.05) is 31.7 Å². The first-order chi connectivity index (χ1) is 9.56. The molecule has 1 amide bonds. The van der Waals surface area contributed by atoms with Crippen LogP contribution in [0.5, 0.6) is 0 Å². The molecule has 1 aliphatic carbocycles. The van der Waals surface area contributed by atoms with E-state index in [4.69, 9.17) is 0 Å². The van der Waals surface area contributed by atoms with Crippen LogP contribution in [0.1, 0.15) is 50.2 Å². The van der Waals surface area contributed by atoms with Gasteiger partial charge < -0.3 is 5.32 Å². The Hall–Kier alpha value is -0.960. The Kier molecular flexibility index (Phi) is 5.53. The summed E-state index contributed by atoms with van der Waals surface area (Å²) in [5.41, 5.74) is 3.25. The van der Waals surface area contributed by atoms with Crippen LogP contribution in [0.25, 0.3) is 0 Å². The lowest BCUT2D eigenvalue weighted by Gasteiger charge is -2.24. The Morgan fingerprint density at radius 1 is 1.25 bits per heavy atom. The zero-order valence-electron chi connectivity index (χ0n) is 12.7. The van der Waals surface area contributed by atoms with Gasteiger partial charge in [-0.25, -0.2) is 0 Å². The fourth-order valence-electron chi connectivity index (χ4n) is 2.66. The van der Waals surface area contributed by atoms with Crippen molar-refractivity contribution >= 4 is 23.4 Å². The molecule has 0 aromatic heterocycles. The molecule has 1 saturated carbocycles.